The lowest BCUT2D eigenvalue weighted by molar-refractivity contribution is 0.0950. The first-order valence-corrected chi connectivity index (χ1v) is 8.66. The number of hydrogen-bond donors (Lipinski definition) is 3. The predicted molar refractivity (Wildman–Crippen MR) is 105 cm³/mol. The number of nitrogens with one attached hydrogen (secondary N) is 2. The summed E-state index contributed by atoms with van der Waals surface area (Å²) in [6.45, 7) is 1.79. The minimum absolute atomic E-state index is 0.00465. The van der Waals surface area contributed by atoms with Crippen molar-refractivity contribution in [3.05, 3.63) is 70.0 Å². The molecule has 0 bridgehead atoms. The number of halogens is 1. The summed E-state index contributed by atoms with van der Waals surface area (Å²) in [5, 5.41) is 28.6. The molecule has 1 aromatic heterocycles. The number of amides is 1. The van der Waals surface area contributed by atoms with Crippen LogP contribution >= 0.6 is 15.9 Å². The van der Waals surface area contributed by atoms with Gasteiger partial charge in [-0.1, -0.05) is 22.0 Å². The maximum Gasteiger partial charge on any atom is 0.291 e. The summed E-state index contributed by atoms with van der Waals surface area (Å²) in [5.74, 6) is -0.453. The number of aromatic hydroxyl groups is 1. The van der Waals surface area contributed by atoms with Crippen LogP contribution in [0.1, 0.15) is 21.7 Å². The standard InChI is InChI=1S/C18H15BrN6O2/c1-11-7-16(24-21-11)18(27)25-20-10-12-8-15(5-6-17(12)26)23-22-14-4-2-3-13(19)9-14/h2-10,26H,1H3,(H,21,24)(H,25,27). The van der Waals surface area contributed by atoms with Gasteiger partial charge in [0.05, 0.1) is 17.6 Å². The Morgan fingerprint density at radius 1 is 1.19 bits per heavy atom. The lowest BCUT2D eigenvalue weighted by Gasteiger charge is -2.00. The van der Waals surface area contributed by atoms with Crippen molar-refractivity contribution in [2.75, 3.05) is 0 Å². The molecule has 136 valence electrons. The Bertz CT molecular complexity index is 1030. The van der Waals surface area contributed by atoms with Crippen LogP contribution in [0, 0.1) is 6.92 Å². The Balaban J connectivity index is 1.70. The molecule has 27 heavy (non-hydrogen) atoms. The molecule has 0 atom stereocenters. The van der Waals surface area contributed by atoms with Crippen molar-refractivity contribution in [1.82, 2.24) is 15.6 Å². The van der Waals surface area contributed by atoms with Crippen molar-refractivity contribution in [1.29, 1.82) is 0 Å². The van der Waals surface area contributed by atoms with Gasteiger partial charge >= 0.3 is 0 Å². The number of hydrogen-bond acceptors (Lipinski definition) is 6. The summed E-state index contributed by atoms with van der Waals surface area (Å²) in [6.07, 6.45) is 1.32. The van der Waals surface area contributed by atoms with Gasteiger partial charge in [0.2, 0.25) is 0 Å². The Morgan fingerprint density at radius 2 is 1.96 bits per heavy atom. The van der Waals surface area contributed by atoms with Crippen LogP contribution in [-0.2, 0) is 0 Å². The third-order valence-corrected chi connectivity index (χ3v) is 3.90. The zero-order valence-corrected chi connectivity index (χ0v) is 15.8. The molecule has 0 aliphatic rings. The molecule has 0 saturated heterocycles. The van der Waals surface area contributed by atoms with Gasteiger partial charge in [-0.2, -0.15) is 20.4 Å². The van der Waals surface area contributed by atoms with Gasteiger partial charge in [0, 0.05) is 15.7 Å². The summed E-state index contributed by atoms with van der Waals surface area (Å²) in [4.78, 5) is 11.9. The molecule has 2 aromatic carbocycles. The van der Waals surface area contributed by atoms with E-state index >= 15 is 0 Å². The Labute approximate surface area is 163 Å². The number of nitrogens with zero attached hydrogens (tertiary/aromatic N) is 4. The van der Waals surface area contributed by atoms with Gasteiger partial charge in [0.1, 0.15) is 5.75 Å². The van der Waals surface area contributed by atoms with Crippen LogP contribution < -0.4 is 5.43 Å². The van der Waals surface area contributed by atoms with Gasteiger partial charge < -0.3 is 5.11 Å². The van der Waals surface area contributed by atoms with Crippen molar-refractivity contribution in [2.24, 2.45) is 15.3 Å². The maximum atomic E-state index is 11.9. The number of phenols is 1. The Morgan fingerprint density at radius 3 is 2.67 bits per heavy atom. The number of carbonyl (C=O) groups is 1. The molecule has 0 radical (unpaired) electrons. The minimum Gasteiger partial charge on any atom is -0.507 e. The number of rotatable bonds is 5. The number of hydrazone groups is 1. The van der Waals surface area contributed by atoms with Crippen LogP contribution in [0.25, 0.3) is 0 Å². The van der Waals surface area contributed by atoms with Gasteiger partial charge in [-0.3, -0.25) is 9.89 Å². The quantitative estimate of drug-likeness (QED) is 0.319. The average molecular weight is 427 g/mol. The van der Waals surface area contributed by atoms with E-state index in [4.69, 9.17) is 0 Å². The van der Waals surface area contributed by atoms with Crippen LogP contribution in [0.3, 0.4) is 0 Å². The zero-order chi connectivity index (χ0) is 19.2. The van der Waals surface area contributed by atoms with E-state index in [1.54, 1.807) is 25.1 Å². The molecular formula is C18H15BrN6O2. The first-order valence-electron chi connectivity index (χ1n) is 7.87. The van der Waals surface area contributed by atoms with E-state index in [1.807, 2.05) is 24.3 Å². The number of benzene rings is 2. The van der Waals surface area contributed by atoms with Gasteiger partial charge in [-0.15, -0.1) is 0 Å². The molecule has 3 aromatic rings. The second-order valence-electron chi connectivity index (χ2n) is 5.56. The summed E-state index contributed by atoms with van der Waals surface area (Å²) in [6, 6.07) is 13.7. The minimum atomic E-state index is -0.458. The van der Waals surface area contributed by atoms with E-state index < -0.39 is 5.91 Å². The van der Waals surface area contributed by atoms with Crippen molar-refractivity contribution in [2.45, 2.75) is 6.92 Å². The van der Waals surface area contributed by atoms with E-state index in [2.05, 4.69) is 46.9 Å². The lowest BCUT2D eigenvalue weighted by Crippen LogP contribution is -2.18. The number of aromatic nitrogens is 2. The lowest BCUT2D eigenvalue weighted by atomic mass is 10.2. The third kappa shape index (κ3) is 5.08. The molecule has 0 aliphatic heterocycles. The largest absolute Gasteiger partial charge is 0.507 e. The van der Waals surface area contributed by atoms with Crippen LogP contribution in [0.5, 0.6) is 5.75 Å². The van der Waals surface area contributed by atoms with Gasteiger partial charge in [-0.25, -0.2) is 5.43 Å². The van der Waals surface area contributed by atoms with E-state index in [9.17, 15) is 9.90 Å². The molecule has 0 aliphatic carbocycles. The van der Waals surface area contributed by atoms with Crippen LogP contribution in [0.15, 0.2) is 68.3 Å². The summed E-state index contributed by atoms with van der Waals surface area (Å²) in [7, 11) is 0. The summed E-state index contributed by atoms with van der Waals surface area (Å²) >= 11 is 3.37. The SMILES string of the molecule is Cc1cc(C(=O)NN=Cc2cc(N=Nc3cccc(Br)c3)ccc2O)n[nH]1. The highest BCUT2D eigenvalue weighted by Crippen LogP contribution is 2.25. The fraction of sp³-hybridized carbons (Fsp3) is 0.0556. The number of aryl methyl sites for hydroxylation is 1. The van der Waals surface area contributed by atoms with Gasteiger partial charge in [0.25, 0.3) is 5.91 Å². The van der Waals surface area contributed by atoms with Crippen LogP contribution in [-0.4, -0.2) is 27.4 Å². The molecule has 3 rings (SSSR count). The van der Waals surface area contributed by atoms with Crippen LogP contribution in [0.4, 0.5) is 11.4 Å². The zero-order valence-electron chi connectivity index (χ0n) is 14.2. The Kier molecular flexibility index (Phi) is 5.72. The molecule has 0 unspecified atom stereocenters. The van der Waals surface area contributed by atoms with Crippen molar-refractivity contribution < 1.29 is 9.90 Å². The predicted octanol–water partition coefficient (Wildman–Crippen LogP) is 4.37. The molecule has 0 fully saturated rings. The fourth-order valence-electron chi connectivity index (χ4n) is 2.11. The number of aromatic amines is 1. The smallest absolute Gasteiger partial charge is 0.291 e. The second-order valence-corrected chi connectivity index (χ2v) is 6.47. The average Bonchev–Trinajstić information content (AvgIpc) is 3.08. The monoisotopic (exact) mass is 426 g/mol. The molecule has 9 heteroatoms. The van der Waals surface area contributed by atoms with E-state index in [1.165, 1.54) is 12.3 Å². The Hall–Kier alpha value is -3.33. The van der Waals surface area contributed by atoms with Gasteiger partial charge in [-0.05, 0) is 49.4 Å². The molecule has 8 nitrogen and oxygen atoms in total. The van der Waals surface area contributed by atoms with E-state index in [-0.39, 0.29) is 11.4 Å². The highest BCUT2D eigenvalue weighted by molar-refractivity contribution is 9.10. The molecule has 1 heterocycles. The number of azo groups is 1. The molecule has 1 amide bonds. The highest BCUT2D eigenvalue weighted by atomic mass is 79.9. The first-order chi connectivity index (χ1) is 13.0. The van der Waals surface area contributed by atoms with E-state index in [0.717, 1.165) is 10.2 Å². The number of phenolic OH excluding ortho intramolecular Hbond substituents is 1. The first kappa shape index (κ1) is 18.5. The van der Waals surface area contributed by atoms with Crippen molar-refractivity contribution in [3.63, 3.8) is 0 Å². The molecular weight excluding hydrogens is 412 g/mol. The van der Waals surface area contributed by atoms with E-state index in [0.29, 0.717) is 16.9 Å². The second kappa shape index (κ2) is 8.37. The van der Waals surface area contributed by atoms with Crippen molar-refractivity contribution in [3.8, 4) is 5.75 Å². The third-order valence-electron chi connectivity index (χ3n) is 3.41. The highest BCUT2D eigenvalue weighted by Gasteiger charge is 2.07. The molecule has 0 spiro atoms. The number of carbonyl (C=O) groups excluding carboxylic acids is 1. The summed E-state index contributed by atoms with van der Waals surface area (Å²) in [5.41, 5.74) is 4.95. The topological polar surface area (TPSA) is 115 Å². The number of H-pyrrole nitrogens is 1. The molecule has 3 N–H and O–H groups in total. The fourth-order valence-corrected chi connectivity index (χ4v) is 2.50. The van der Waals surface area contributed by atoms with Gasteiger partial charge in [0.15, 0.2) is 5.69 Å². The maximum absolute atomic E-state index is 11.9. The summed E-state index contributed by atoms with van der Waals surface area (Å²) < 4.78 is 0.903. The van der Waals surface area contributed by atoms with Crippen molar-refractivity contribution >= 4 is 39.4 Å². The molecule has 0 saturated carbocycles. The normalized spacial score (nSPS) is 11.3. The van der Waals surface area contributed by atoms with Crippen LogP contribution in [0.2, 0.25) is 0 Å².